The number of benzene rings is 2. The topological polar surface area (TPSA) is 63.9 Å². The minimum atomic E-state index is -0.282. The third-order valence-corrected chi connectivity index (χ3v) is 4.72. The van der Waals surface area contributed by atoms with Gasteiger partial charge >= 0.3 is 0 Å². The smallest absolute Gasteiger partial charge is 0.287 e. The maximum atomic E-state index is 13.7. The number of amides is 1. The molecule has 0 aliphatic rings. The van der Waals surface area contributed by atoms with E-state index in [9.17, 15) is 9.18 Å². The molecule has 1 heterocycles. The molecule has 31 heavy (non-hydrogen) atoms. The predicted octanol–water partition coefficient (Wildman–Crippen LogP) is 4.01. The number of rotatable bonds is 11. The molecule has 0 aliphatic heterocycles. The highest BCUT2D eigenvalue weighted by molar-refractivity contribution is 5.91. The van der Waals surface area contributed by atoms with Crippen LogP contribution in [0, 0.1) is 5.82 Å². The van der Waals surface area contributed by atoms with Gasteiger partial charge in [-0.15, -0.1) is 0 Å². The zero-order chi connectivity index (χ0) is 22.1. The Balaban J connectivity index is 1.72. The summed E-state index contributed by atoms with van der Waals surface area (Å²) in [4.78, 5) is 14.3. The lowest BCUT2D eigenvalue weighted by Gasteiger charge is -2.22. The van der Waals surface area contributed by atoms with Crippen LogP contribution < -0.4 is 10.1 Å². The number of furan rings is 1. The number of carbonyl (C=O) groups excluding carboxylic acids is 1. The van der Waals surface area contributed by atoms with Crippen molar-refractivity contribution in [1.82, 2.24) is 10.2 Å². The summed E-state index contributed by atoms with van der Waals surface area (Å²) < 4.78 is 29.6. The Bertz CT molecular complexity index is 972. The van der Waals surface area contributed by atoms with E-state index in [1.165, 1.54) is 12.1 Å². The maximum absolute atomic E-state index is 13.7. The monoisotopic (exact) mass is 426 g/mol. The fourth-order valence-corrected chi connectivity index (χ4v) is 3.21. The lowest BCUT2D eigenvalue weighted by atomic mass is 10.1. The fraction of sp³-hybridized carbons (Fsp3) is 0.292. The van der Waals surface area contributed by atoms with E-state index in [1.54, 1.807) is 32.4 Å². The first-order valence-electron chi connectivity index (χ1n) is 10.0. The lowest BCUT2D eigenvalue weighted by Crippen LogP contribution is -2.26. The number of methoxy groups -OCH3 is 2. The summed E-state index contributed by atoms with van der Waals surface area (Å²) in [5.74, 6) is 1.14. The van der Waals surface area contributed by atoms with Gasteiger partial charge in [0.25, 0.3) is 5.91 Å². The Hall–Kier alpha value is -3.16. The number of halogens is 1. The molecule has 3 rings (SSSR count). The molecule has 3 aromatic rings. The molecule has 0 spiro atoms. The van der Waals surface area contributed by atoms with Crippen LogP contribution in [0.2, 0.25) is 0 Å². The van der Waals surface area contributed by atoms with Crippen molar-refractivity contribution in [3.63, 3.8) is 0 Å². The Morgan fingerprint density at radius 2 is 1.77 bits per heavy atom. The van der Waals surface area contributed by atoms with Gasteiger partial charge in [-0.25, -0.2) is 4.39 Å². The molecule has 0 radical (unpaired) electrons. The van der Waals surface area contributed by atoms with Crippen molar-refractivity contribution in [2.75, 3.05) is 27.4 Å². The predicted molar refractivity (Wildman–Crippen MR) is 115 cm³/mol. The quantitative estimate of drug-likeness (QED) is 0.470. The molecule has 164 valence electrons. The molecule has 6 nitrogen and oxygen atoms in total. The van der Waals surface area contributed by atoms with E-state index in [4.69, 9.17) is 13.9 Å². The van der Waals surface area contributed by atoms with Crippen LogP contribution in [0.1, 0.15) is 27.4 Å². The number of carbonyl (C=O) groups is 1. The molecular formula is C24H27FN2O4. The van der Waals surface area contributed by atoms with Gasteiger partial charge in [0.15, 0.2) is 5.76 Å². The van der Waals surface area contributed by atoms with E-state index in [-0.39, 0.29) is 17.5 Å². The molecular weight excluding hydrogens is 399 g/mol. The molecule has 1 amide bonds. The molecule has 2 aromatic carbocycles. The van der Waals surface area contributed by atoms with Crippen molar-refractivity contribution in [3.05, 3.63) is 89.1 Å². The number of ether oxygens (including phenoxy) is 2. The zero-order valence-corrected chi connectivity index (χ0v) is 17.8. The highest BCUT2D eigenvalue weighted by Crippen LogP contribution is 2.18. The van der Waals surface area contributed by atoms with Gasteiger partial charge in [0.2, 0.25) is 0 Å². The maximum Gasteiger partial charge on any atom is 0.287 e. The highest BCUT2D eigenvalue weighted by Gasteiger charge is 2.15. The molecule has 0 unspecified atom stereocenters. The van der Waals surface area contributed by atoms with E-state index >= 15 is 0 Å². The van der Waals surface area contributed by atoms with E-state index in [2.05, 4.69) is 10.2 Å². The summed E-state index contributed by atoms with van der Waals surface area (Å²) in [6, 6.07) is 17.8. The highest BCUT2D eigenvalue weighted by atomic mass is 19.1. The molecule has 1 N–H and O–H groups in total. The van der Waals surface area contributed by atoms with Crippen molar-refractivity contribution in [1.29, 1.82) is 0 Å². The summed E-state index contributed by atoms with van der Waals surface area (Å²) in [6.07, 6.45) is 0. The second kappa shape index (κ2) is 11.3. The number of hydrogen-bond acceptors (Lipinski definition) is 5. The normalized spacial score (nSPS) is 11.0. The van der Waals surface area contributed by atoms with Crippen LogP contribution in [0.15, 0.2) is 65.1 Å². The lowest BCUT2D eigenvalue weighted by molar-refractivity contribution is 0.0905. The first kappa shape index (κ1) is 22.5. The summed E-state index contributed by atoms with van der Waals surface area (Å²) >= 11 is 0. The van der Waals surface area contributed by atoms with Crippen LogP contribution in [0.25, 0.3) is 0 Å². The van der Waals surface area contributed by atoms with Crippen LogP contribution in [-0.2, 0) is 24.4 Å². The first-order valence-corrected chi connectivity index (χ1v) is 10.0. The summed E-state index contributed by atoms with van der Waals surface area (Å²) in [7, 11) is 3.21. The second-order valence-corrected chi connectivity index (χ2v) is 7.14. The average molecular weight is 426 g/mol. The molecule has 1 aromatic heterocycles. The van der Waals surface area contributed by atoms with Crippen molar-refractivity contribution in [2.45, 2.75) is 19.6 Å². The molecule has 0 atom stereocenters. The van der Waals surface area contributed by atoms with Crippen molar-refractivity contribution < 1.29 is 23.1 Å². The van der Waals surface area contributed by atoms with Gasteiger partial charge in [0.1, 0.15) is 17.3 Å². The summed E-state index contributed by atoms with van der Waals surface area (Å²) in [6.45, 7) is 2.46. The zero-order valence-electron chi connectivity index (χ0n) is 17.8. The Labute approximate surface area is 181 Å². The van der Waals surface area contributed by atoms with Gasteiger partial charge in [-0.2, -0.15) is 0 Å². The van der Waals surface area contributed by atoms with E-state index < -0.39 is 0 Å². The SMILES string of the molecule is COCCNC(=O)c1ccc(CN(Cc2ccc(OC)cc2)Cc2cccc(F)c2)o1. The van der Waals surface area contributed by atoms with E-state index in [1.807, 2.05) is 30.3 Å². The van der Waals surface area contributed by atoms with E-state index in [0.717, 1.165) is 16.9 Å². The van der Waals surface area contributed by atoms with Crippen LogP contribution in [0.4, 0.5) is 4.39 Å². The number of nitrogens with zero attached hydrogens (tertiary/aromatic N) is 1. The molecule has 7 heteroatoms. The van der Waals surface area contributed by atoms with Gasteiger partial charge in [-0.3, -0.25) is 9.69 Å². The standard InChI is InChI=1S/C24H27FN2O4/c1-29-13-12-26-24(28)23-11-10-22(31-23)17-27(16-19-4-3-5-20(25)14-19)15-18-6-8-21(30-2)9-7-18/h3-11,14H,12-13,15-17H2,1-2H3,(H,26,28). The number of hydrogen-bond donors (Lipinski definition) is 1. The molecule has 0 fully saturated rings. The van der Waals surface area contributed by atoms with Crippen LogP contribution in [0.5, 0.6) is 5.75 Å². The Morgan fingerprint density at radius 1 is 1.00 bits per heavy atom. The fourth-order valence-electron chi connectivity index (χ4n) is 3.21. The molecule has 0 saturated heterocycles. The van der Waals surface area contributed by atoms with Crippen LogP contribution in [0.3, 0.4) is 0 Å². The van der Waals surface area contributed by atoms with Crippen molar-refractivity contribution >= 4 is 5.91 Å². The Kier molecular flexibility index (Phi) is 8.20. The first-order chi connectivity index (χ1) is 15.1. The minimum absolute atomic E-state index is 0.251. The molecule has 0 bridgehead atoms. The number of nitrogens with one attached hydrogen (secondary N) is 1. The van der Waals surface area contributed by atoms with Crippen molar-refractivity contribution in [2.24, 2.45) is 0 Å². The van der Waals surface area contributed by atoms with Gasteiger partial charge in [0, 0.05) is 26.7 Å². The van der Waals surface area contributed by atoms with Crippen LogP contribution in [-0.4, -0.2) is 38.2 Å². The summed E-state index contributed by atoms with van der Waals surface area (Å²) in [5, 5.41) is 2.74. The Morgan fingerprint density at radius 3 is 2.48 bits per heavy atom. The van der Waals surface area contributed by atoms with E-state index in [0.29, 0.717) is 38.5 Å². The summed E-state index contributed by atoms with van der Waals surface area (Å²) in [5.41, 5.74) is 1.94. The average Bonchev–Trinajstić information content (AvgIpc) is 3.23. The molecule has 0 saturated carbocycles. The largest absolute Gasteiger partial charge is 0.497 e. The molecule has 0 aliphatic carbocycles. The van der Waals surface area contributed by atoms with Gasteiger partial charge in [-0.05, 0) is 47.5 Å². The third kappa shape index (κ3) is 6.94. The van der Waals surface area contributed by atoms with Gasteiger partial charge < -0.3 is 19.2 Å². The minimum Gasteiger partial charge on any atom is -0.497 e. The third-order valence-electron chi connectivity index (χ3n) is 4.72. The van der Waals surface area contributed by atoms with Crippen molar-refractivity contribution in [3.8, 4) is 5.75 Å². The second-order valence-electron chi connectivity index (χ2n) is 7.14. The van der Waals surface area contributed by atoms with Gasteiger partial charge in [0.05, 0.1) is 20.3 Å². The van der Waals surface area contributed by atoms with Crippen LogP contribution >= 0.6 is 0 Å². The van der Waals surface area contributed by atoms with Gasteiger partial charge in [-0.1, -0.05) is 24.3 Å².